The van der Waals surface area contributed by atoms with Gasteiger partial charge in [0.2, 0.25) is 0 Å². The van der Waals surface area contributed by atoms with E-state index in [9.17, 15) is 14.4 Å². The molecular formula is C50H98N2O6. The number of carbonyl (C=O) groups is 3. The molecule has 0 N–H and O–H groups in total. The zero-order valence-electron chi connectivity index (χ0n) is 39.8. The Bertz CT molecular complexity index is 922. The van der Waals surface area contributed by atoms with E-state index in [1.165, 1.54) is 122 Å². The van der Waals surface area contributed by atoms with Crippen molar-refractivity contribution in [3.05, 3.63) is 0 Å². The number of nitrogens with zero attached hydrogens (tertiary/aromatic N) is 2. The lowest BCUT2D eigenvalue weighted by Crippen LogP contribution is -2.39. The van der Waals surface area contributed by atoms with Crippen LogP contribution >= 0.6 is 0 Å². The predicted octanol–water partition coefficient (Wildman–Crippen LogP) is 14.5. The third kappa shape index (κ3) is 39.6. The predicted molar refractivity (Wildman–Crippen MR) is 246 cm³/mol. The summed E-state index contributed by atoms with van der Waals surface area (Å²) in [6.07, 6.45) is 37.6. The zero-order valence-corrected chi connectivity index (χ0v) is 39.8. The third-order valence-corrected chi connectivity index (χ3v) is 11.2. The summed E-state index contributed by atoms with van der Waals surface area (Å²) in [7, 11) is 1.81. The fourth-order valence-corrected chi connectivity index (χ4v) is 7.46. The van der Waals surface area contributed by atoms with E-state index in [0.717, 1.165) is 96.7 Å². The standard InChI is InChI=1S/C50H98N2O6/c1-8-11-14-17-20-21-22-28-36-45-56-47(53)39-33-29-35-42-52(44-43-51(7)49(55)58-50(4,5)6)41-34-27-23-26-32-40-48(54)57-46(37-30-24-18-15-12-9-2)38-31-25-19-16-13-10-3/h46H,8-45H2,1-7H3. The van der Waals surface area contributed by atoms with E-state index in [1.807, 2.05) is 27.8 Å². The van der Waals surface area contributed by atoms with E-state index in [1.54, 1.807) is 4.90 Å². The molecule has 344 valence electrons. The summed E-state index contributed by atoms with van der Waals surface area (Å²) in [6.45, 7) is 16.3. The van der Waals surface area contributed by atoms with Crippen molar-refractivity contribution >= 4 is 18.0 Å². The molecule has 0 aliphatic carbocycles. The first-order valence-electron chi connectivity index (χ1n) is 25.0. The Labute approximate surface area is 360 Å². The largest absolute Gasteiger partial charge is 0.466 e. The van der Waals surface area contributed by atoms with Crippen LogP contribution in [0.2, 0.25) is 0 Å². The average Bonchev–Trinajstić information content (AvgIpc) is 3.18. The van der Waals surface area contributed by atoms with Crippen molar-refractivity contribution in [3.63, 3.8) is 0 Å². The van der Waals surface area contributed by atoms with Crippen LogP contribution in [0.5, 0.6) is 0 Å². The molecular weight excluding hydrogens is 725 g/mol. The van der Waals surface area contributed by atoms with Crippen molar-refractivity contribution in [2.75, 3.05) is 39.8 Å². The van der Waals surface area contributed by atoms with Crippen LogP contribution in [0.25, 0.3) is 0 Å². The van der Waals surface area contributed by atoms with Crippen LogP contribution in [-0.2, 0) is 23.8 Å². The van der Waals surface area contributed by atoms with Gasteiger partial charge in [0.1, 0.15) is 11.7 Å². The molecule has 0 aliphatic rings. The number of likely N-dealkylation sites (N-methyl/N-ethyl adjacent to an activating group) is 1. The Morgan fingerprint density at radius 2 is 0.862 bits per heavy atom. The van der Waals surface area contributed by atoms with Gasteiger partial charge in [-0.25, -0.2) is 4.79 Å². The highest BCUT2D eigenvalue weighted by molar-refractivity contribution is 5.69. The van der Waals surface area contributed by atoms with Crippen LogP contribution in [0.4, 0.5) is 4.79 Å². The van der Waals surface area contributed by atoms with Gasteiger partial charge in [0.15, 0.2) is 0 Å². The molecule has 0 aromatic heterocycles. The summed E-state index contributed by atoms with van der Waals surface area (Å²) in [4.78, 5) is 41.8. The Kier molecular flexibility index (Phi) is 39.3. The van der Waals surface area contributed by atoms with Gasteiger partial charge in [0.25, 0.3) is 0 Å². The van der Waals surface area contributed by atoms with Gasteiger partial charge in [-0.1, -0.05) is 162 Å². The zero-order chi connectivity index (χ0) is 43.0. The van der Waals surface area contributed by atoms with Crippen LogP contribution in [0, 0.1) is 0 Å². The van der Waals surface area contributed by atoms with E-state index in [0.29, 0.717) is 26.0 Å². The number of carbonyl (C=O) groups excluding carboxylic acids is 3. The molecule has 0 aromatic carbocycles. The minimum atomic E-state index is -0.515. The van der Waals surface area contributed by atoms with Crippen LogP contribution in [0.3, 0.4) is 0 Å². The van der Waals surface area contributed by atoms with Gasteiger partial charge in [-0.2, -0.15) is 0 Å². The molecule has 1 amide bonds. The Morgan fingerprint density at radius 1 is 0.466 bits per heavy atom. The second kappa shape index (κ2) is 40.6. The number of rotatable bonds is 42. The molecule has 0 saturated carbocycles. The van der Waals surface area contributed by atoms with Crippen LogP contribution in [0.15, 0.2) is 0 Å². The van der Waals surface area contributed by atoms with Gasteiger partial charge in [0, 0.05) is 33.0 Å². The lowest BCUT2D eigenvalue weighted by atomic mass is 10.0. The molecule has 8 heteroatoms. The van der Waals surface area contributed by atoms with E-state index < -0.39 is 5.60 Å². The maximum Gasteiger partial charge on any atom is 0.410 e. The summed E-state index contributed by atoms with van der Waals surface area (Å²) in [6, 6.07) is 0. The minimum absolute atomic E-state index is 0.00527. The van der Waals surface area contributed by atoms with Crippen LogP contribution in [0.1, 0.15) is 253 Å². The highest BCUT2D eigenvalue weighted by Crippen LogP contribution is 2.19. The van der Waals surface area contributed by atoms with Crippen molar-refractivity contribution in [3.8, 4) is 0 Å². The summed E-state index contributed by atoms with van der Waals surface area (Å²) in [5.41, 5.74) is -0.515. The van der Waals surface area contributed by atoms with E-state index in [2.05, 4.69) is 25.7 Å². The molecule has 0 bridgehead atoms. The Balaban J connectivity index is 4.54. The molecule has 0 aliphatic heterocycles. The SMILES string of the molecule is CCCCCCCCCCCOC(=O)CCCCCN(CCCCCCCC(=O)OC(CCCCCCCC)CCCCCCCC)CCN(C)C(=O)OC(C)(C)C. The van der Waals surface area contributed by atoms with Crippen molar-refractivity contribution in [2.24, 2.45) is 0 Å². The monoisotopic (exact) mass is 823 g/mol. The Hall–Kier alpha value is -1.83. The smallest absolute Gasteiger partial charge is 0.410 e. The number of hydrogen-bond acceptors (Lipinski definition) is 7. The van der Waals surface area contributed by atoms with Gasteiger partial charge in [-0.15, -0.1) is 0 Å². The highest BCUT2D eigenvalue weighted by Gasteiger charge is 2.20. The van der Waals surface area contributed by atoms with Gasteiger partial charge >= 0.3 is 18.0 Å². The number of ether oxygens (including phenoxy) is 3. The Morgan fingerprint density at radius 3 is 1.34 bits per heavy atom. The topological polar surface area (TPSA) is 85.4 Å². The van der Waals surface area contributed by atoms with Gasteiger partial charge in [-0.05, 0) is 91.6 Å². The van der Waals surface area contributed by atoms with Crippen LogP contribution < -0.4 is 0 Å². The first-order valence-corrected chi connectivity index (χ1v) is 25.0. The third-order valence-electron chi connectivity index (χ3n) is 11.2. The molecule has 0 spiro atoms. The molecule has 0 atom stereocenters. The number of hydrogen-bond donors (Lipinski definition) is 0. The minimum Gasteiger partial charge on any atom is -0.466 e. The summed E-state index contributed by atoms with van der Waals surface area (Å²) in [5.74, 6) is -0.0702. The molecule has 0 saturated heterocycles. The maximum absolute atomic E-state index is 12.8. The van der Waals surface area contributed by atoms with Crippen molar-refractivity contribution in [2.45, 2.75) is 265 Å². The molecule has 0 aromatic rings. The fraction of sp³-hybridized carbons (Fsp3) is 0.940. The molecule has 0 radical (unpaired) electrons. The van der Waals surface area contributed by atoms with E-state index in [4.69, 9.17) is 14.2 Å². The highest BCUT2D eigenvalue weighted by atomic mass is 16.6. The quantitative estimate of drug-likeness (QED) is 0.0344. The van der Waals surface area contributed by atoms with Crippen LogP contribution in [-0.4, -0.2) is 79.4 Å². The average molecular weight is 823 g/mol. The second-order valence-electron chi connectivity index (χ2n) is 18.3. The molecule has 0 fully saturated rings. The number of amides is 1. The normalized spacial score (nSPS) is 11.7. The second-order valence-corrected chi connectivity index (χ2v) is 18.3. The summed E-state index contributed by atoms with van der Waals surface area (Å²) >= 11 is 0. The van der Waals surface area contributed by atoms with Crippen molar-refractivity contribution in [1.29, 1.82) is 0 Å². The van der Waals surface area contributed by atoms with Crippen molar-refractivity contribution < 1.29 is 28.6 Å². The van der Waals surface area contributed by atoms with Crippen molar-refractivity contribution in [1.82, 2.24) is 9.80 Å². The van der Waals surface area contributed by atoms with Gasteiger partial charge in [0.05, 0.1) is 6.61 Å². The number of esters is 2. The molecule has 0 rings (SSSR count). The lowest BCUT2D eigenvalue weighted by molar-refractivity contribution is -0.150. The first kappa shape index (κ1) is 56.2. The maximum atomic E-state index is 12.8. The van der Waals surface area contributed by atoms with E-state index in [-0.39, 0.29) is 24.1 Å². The molecule has 8 nitrogen and oxygen atoms in total. The number of unbranched alkanes of at least 4 members (excludes halogenated alkanes) is 24. The van der Waals surface area contributed by atoms with Gasteiger partial charge in [-0.3, -0.25) is 9.59 Å². The lowest BCUT2D eigenvalue weighted by Gasteiger charge is -2.28. The fourth-order valence-electron chi connectivity index (χ4n) is 7.46. The summed E-state index contributed by atoms with van der Waals surface area (Å²) < 4.78 is 17.1. The molecule has 0 heterocycles. The van der Waals surface area contributed by atoms with Gasteiger partial charge < -0.3 is 24.0 Å². The first-order chi connectivity index (χ1) is 28.0. The molecule has 0 unspecified atom stereocenters. The summed E-state index contributed by atoms with van der Waals surface area (Å²) in [5, 5.41) is 0. The van der Waals surface area contributed by atoms with E-state index >= 15 is 0 Å². The molecule has 58 heavy (non-hydrogen) atoms.